The van der Waals surface area contributed by atoms with Crippen LogP contribution in [-0.4, -0.2) is 38.6 Å². The number of hydrogen-bond donors (Lipinski definition) is 1. The van der Waals surface area contributed by atoms with Crippen molar-refractivity contribution in [3.63, 3.8) is 0 Å². The van der Waals surface area contributed by atoms with E-state index in [0.29, 0.717) is 27.9 Å². The minimum Gasteiger partial charge on any atom is -0.483 e. The molecule has 0 aliphatic heterocycles. The molecule has 3 rings (SSSR count). The monoisotopic (exact) mass is 449 g/mol. The topological polar surface area (TPSA) is 77.1 Å². The maximum atomic E-state index is 12.7. The van der Waals surface area contributed by atoms with E-state index in [2.05, 4.69) is 19.7 Å². The molecule has 0 saturated carbocycles. The van der Waals surface area contributed by atoms with Crippen LogP contribution in [0, 0.1) is 13.8 Å². The molecule has 0 spiro atoms. The highest BCUT2D eigenvalue weighted by molar-refractivity contribution is 7.84. The minimum atomic E-state index is -4.49. The Kier molecular flexibility index (Phi) is 6.25. The second-order valence-corrected chi connectivity index (χ2v) is 7.70. The molecule has 0 aliphatic rings. The van der Waals surface area contributed by atoms with Gasteiger partial charge in [-0.2, -0.15) is 22.0 Å². The van der Waals surface area contributed by atoms with Crippen LogP contribution in [-0.2, 0) is 16.6 Å². The first-order valence-corrected chi connectivity index (χ1v) is 9.83. The van der Waals surface area contributed by atoms with Gasteiger partial charge in [-0.3, -0.25) is 9.19 Å². The summed E-state index contributed by atoms with van der Waals surface area (Å²) in [7, 11) is -1.73. The van der Waals surface area contributed by atoms with Gasteiger partial charge in [-0.05, 0) is 26.0 Å². The molecule has 0 fully saturated rings. The zero-order valence-corrected chi connectivity index (χ0v) is 16.5. The van der Waals surface area contributed by atoms with E-state index >= 15 is 0 Å². The smallest absolute Gasteiger partial charge is 0.422 e. The number of aromatic nitrogens is 3. The summed E-state index contributed by atoms with van der Waals surface area (Å²) in [5.41, 5.74) is 1.79. The van der Waals surface area contributed by atoms with Crippen molar-refractivity contribution in [3.8, 4) is 11.5 Å². The predicted octanol–water partition coefficient (Wildman–Crippen LogP) is 4.43. The van der Waals surface area contributed by atoms with Crippen molar-refractivity contribution in [1.29, 1.82) is 0 Å². The third-order valence-electron chi connectivity index (χ3n) is 4.07. The highest BCUT2D eigenvalue weighted by Gasteiger charge is 2.29. The van der Waals surface area contributed by atoms with E-state index in [-0.39, 0.29) is 22.4 Å². The Morgan fingerprint density at radius 3 is 2.63 bits per heavy atom. The molecule has 6 nitrogen and oxygen atoms in total. The van der Waals surface area contributed by atoms with Crippen molar-refractivity contribution >= 4 is 21.8 Å². The molecule has 2 heterocycles. The average molecular weight is 449 g/mol. The Labute approximate surface area is 169 Å². The van der Waals surface area contributed by atoms with Gasteiger partial charge >= 0.3 is 12.8 Å². The molecule has 0 aliphatic carbocycles. The molecule has 0 radical (unpaired) electrons. The summed E-state index contributed by atoms with van der Waals surface area (Å²) in [5, 5.41) is 0.0683. The second-order valence-electron chi connectivity index (χ2n) is 6.34. The third-order valence-corrected chi connectivity index (χ3v) is 5.23. The number of halogens is 5. The van der Waals surface area contributed by atoms with Crippen molar-refractivity contribution < 1.29 is 35.6 Å². The van der Waals surface area contributed by atoms with Gasteiger partial charge in [-0.15, -0.1) is 0 Å². The number of fused-ring (bicyclic) bond motifs is 1. The molecule has 2 aromatic heterocycles. The molecule has 1 aromatic carbocycles. The van der Waals surface area contributed by atoms with Crippen molar-refractivity contribution in [2.75, 3.05) is 6.61 Å². The Morgan fingerprint density at radius 2 is 1.97 bits per heavy atom. The van der Waals surface area contributed by atoms with E-state index in [1.54, 1.807) is 6.92 Å². The molecule has 12 heteroatoms. The maximum absolute atomic E-state index is 12.7. The van der Waals surface area contributed by atoms with Crippen LogP contribution < -0.4 is 9.47 Å². The van der Waals surface area contributed by atoms with Gasteiger partial charge in [0.1, 0.15) is 11.5 Å². The Morgan fingerprint density at radius 1 is 1.23 bits per heavy atom. The first kappa shape index (κ1) is 21.9. The van der Waals surface area contributed by atoms with E-state index in [1.807, 2.05) is 0 Å². The van der Waals surface area contributed by atoms with Crippen LogP contribution in [0.4, 0.5) is 22.0 Å². The highest BCUT2D eigenvalue weighted by Crippen LogP contribution is 2.28. The lowest BCUT2D eigenvalue weighted by Gasteiger charge is -2.15. The first-order valence-electron chi connectivity index (χ1n) is 8.51. The standard InChI is InChI=1S/C18H16F5N3O3S/c1-9-6-24-14(10(2)15(9)28-8-18(21,22)23)7-30(27)17-25-12-4-3-11(29-16(19)20)5-13(12)26-17/h3-6,16H,7-8H2,1-2H3,(H,25,26)/t30-/m1/s1. The van der Waals surface area contributed by atoms with Crippen molar-refractivity contribution in [1.82, 2.24) is 15.0 Å². The Hall–Kier alpha value is -2.76. The second kappa shape index (κ2) is 8.54. The normalized spacial score (nSPS) is 13.1. The number of aromatic amines is 1. The van der Waals surface area contributed by atoms with E-state index in [4.69, 9.17) is 4.74 Å². The van der Waals surface area contributed by atoms with Crippen molar-refractivity contribution in [2.24, 2.45) is 0 Å². The summed E-state index contributed by atoms with van der Waals surface area (Å²) in [5.74, 6) is -0.178. The van der Waals surface area contributed by atoms with Gasteiger partial charge in [0.25, 0.3) is 0 Å². The molecule has 3 aromatic rings. The summed E-state index contributed by atoms with van der Waals surface area (Å²) in [6.45, 7) is -1.34. The number of rotatable bonds is 7. The Balaban J connectivity index is 1.81. The summed E-state index contributed by atoms with van der Waals surface area (Å²) in [6.07, 6.45) is -3.15. The highest BCUT2D eigenvalue weighted by atomic mass is 32.2. The third kappa shape index (κ3) is 5.23. The molecule has 30 heavy (non-hydrogen) atoms. The van der Waals surface area contributed by atoms with E-state index in [9.17, 15) is 26.2 Å². The van der Waals surface area contributed by atoms with Crippen LogP contribution in [0.3, 0.4) is 0 Å². The number of imidazole rings is 1. The van der Waals surface area contributed by atoms with Gasteiger partial charge in [0, 0.05) is 23.4 Å². The van der Waals surface area contributed by atoms with Crippen LogP contribution in [0.15, 0.2) is 29.6 Å². The molecule has 0 amide bonds. The largest absolute Gasteiger partial charge is 0.483 e. The van der Waals surface area contributed by atoms with Crippen LogP contribution >= 0.6 is 0 Å². The summed E-state index contributed by atoms with van der Waals surface area (Å²) in [6, 6.07) is 4.04. The SMILES string of the molecule is Cc1cnc(C[S@@](=O)c2nc3ccc(OC(F)F)cc3[nH]2)c(C)c1OCC(F)(F)F. The first-order chi connectivity index (χ1) is 14.0. The lowest BCUT2D eigenvalue weighted by atomic mass is 10.1. The molecule has 162 valence electrons. The predicted molar refractivity (Wildman–Crippen MR) is 98.1 cm³/mol. The number of H-pyrrole nitrogens is 1. The molecule has 0 saturated heterocycles. The zero-order valence-electron chi connectivity index (χ0n) is 15.7. The fourth-order valence-corrected chi connectivity index (χ4v) is 3.82. The number of nitrogens with zero attached hydrogens (tertiary/aromatic N) is 2. The van der Waals surface area contributed by atoms with Gasteiger partial charge in [0.2, 0.25) is 0 Å². The lowest BCUT2D eigenvalue weighted by Crippen LogP contribution is -2.20. The fourth-order valence-electron chi connectivity index (χ4n) is 2.72. The van der Waals surface area contributed by atoms with Gasteiger partial charge in [-0.1, -0.05) is 0 Å². The quantitative estimate of drug-likeness (QED) is 0.541. The fraction of sp³-hybridized carbons (Fsp3) is 0.333. The summed E-state index contributed by atoms with van der Waals surface area (Å²) < 4.78 is 84.1. The van der Waals surface area contributed by atoms with E-state index < -0.39 is 30.2 Å². The van der Waals surface area contributed by atoms with Gasteiger partial charge < -0.3 is 14.5 Å². The average Bonchev–Trinajstić information content (AvgIpc) is 3.06. The van der Waals surface area contributed by atoms with Gasteiger partial charge in [0.05, 0.1) is 33.3 Å². The number of alkyl halides is 5. The maximum Gasteiger partial charge on any atom is 0.422 e. The molecule has 0 unspecified atom stereocenters. The van der Waals surface area contributed by atoms with E-state index in [0.717, 1.165) is 0 Å². The van der Waals surface area contributed by atoms with Gasteiger partial charge in [-0.25, -0.2) is 4.98 Å². The van der Waals surface area contributed by atoms with Crippen molar-refractivity contribution in [2.45, 2.75) is 37.5 Å². The number of benzene rings is 1. The number of pyridine rings is 1. The Bertz CT molecular complexity index is 1080. The number of hydrogen-bond acceptors (Lipinski definition) is 5. The minimum absolute atomic E-state index is 0.0349. The summed E-state index contributed by atoms with van der Waals surface area (Å²) >= 11 is 0. The number of ether oxygens (including phenoxy) is 2. The molecule has 1 N–H and O–H groups in total. The van der Waals surface area contributed by atoms with Crippen LogP contribution in [0.2, 0.25) is 0 Å². The van der Waals surface area contributed by atoms with Crippen molar-refractivity contribution in [3.05, 3.63) is 41.2 Å². The van der Waals surface area contributed by atoms with Crippen LogP contribution in [0.1, 0.15) is 16.8 Å². The summed E-state index contributed by atoms with van der Waals surface area (Å²) in [4.78, 5) is 11.1. The zero-order chi connectivity index (χ0) is 22.1. The number of aryl methyl sites for hydroxylation is 1. The number of nitrogens with one attached hydrogen (secondary N) is 1. The molecule has 1 atom stereocenters. The molecule has 0 bridgehead atoms. The lowest BCUT2D eigenvalue weighted by molar-refractivity contribution is -0.153. The van der Waals surface area contributed by atoms with Gasteiger partial charge in [0.15, 0.2) is 11.8 Å². The van der Waals surface area contributed by atoms with E-state index in [1.165, 1.54) is 31.3 Å². The molecular formula is C18H16F5N3O3S. The van der Waals surface area contributed by atoms with Crippen LogP contribution in [0.5, 0.6) is 11.5 Å². The van der Waals surface area contributed by atoms with Crippen LogP contribution in [0.25, 0.3) is 11.0 Å². The molecular weight excluding hydrogens is 433 g/mol.